The molecule has 2 heterocycles. The molecular formula is C32H39N5O3. The number of carbonyl (C=O) groups excluding carboxylic acids is 3. The van der Waals surface area contributed by atoms with Crippen molar-refractivity contribution in [2.45, 2.75) is 34.1 Å². The summed E-state index contributed by atoms with van der Waals surface area (Å²) in [6.45, 7) is 11.2. The third kappa shape index (κ3) is 6.02. The zero-order valence-electron chi connectivity index (χ0n) is 24.3. The van der Waals surface area contributed by atoms with Crippen molar-refractivity contribution in [3.63, 3.8) is 0 Å². The summed E-state index contributed by atoms with van der Waals surface area (Å²) < 4.78 is 0. The summed E-state index contributed by atoms with van der Waals surface area (Å²) in [4.78, 5) is 45.7. The first kappa shape index (κ1) is 28.8. The summed E-state index contributed by atoms with van der Waals surface area (Å²) in [6, 6.07) is 13.7. The molecule has 4 rings (SSSR count). The molecule has 8 nitrogen and oxygen atoms in total. The van der Waals surface area contributed by atoms with E-state index in [1.807, 2.05) is 62.4 Å². The van der Waals surface area contributed by atoms with Gasteiger partial charge in [0, 0.05) is 49.8 Å². The number of anilines is 1. The number of carbonyl (C=O) groups is 3. The van der Waals surface area contributed by atoms with Crippen molar-refractivity contribution in [1.29, 1.82) is 0 Å². The summed E-state index contributed by atoms with van der Waals surface area (Å²) in [5.41, 5.74) is 7.69. The quantitative estimate of drug-likeness (QED) is 0.330. The van der Waals surface area contributed by atoms with E-state index in [0.717, 1.165) is 64.5 Å². The van der Waals surface area contributed by atoms with E-state index < -0.39 is 0 Å². The highest BCUT2D eigenvalue weighted by atomic mass is 16.2. The number of benzene rings is 2. The van der Waals surface area contributed by atoms with E-state index in [1.54, 1.807) is 19.0 Å². The molecule has 1 aromatic heterocycles. The highest BCUT2D eigenvalue weighted by molar-refractivity contribution is 6.36. The monoisotopic (exact) mass is 541 g/mol. The van der Waals surface area contributed by atoms with Crippen LogP contribution in [0.3, 0.4) is 0 Å². The second-order valence-electron chi connectivity index (χ2n) is 10.4. The van der Waals surface area contributed by atoms with Gasteiger partial charge >= 0.3 is 0 Å². The highest BCUT2D eigenvalue weighted by Gasteiger charge is 2.28. The number of rotatable bonds is 10. The van der Waals surface area contributed by atoms with E-state index in [1.165, 1.54) is 0 Å². The molecule has 8 heteroatoms. The van der Waals surface area contributed by atoms with Crippen LogP contribution in [-0.4, -0.2) is 72.8 Å². The lowest BCUT2D eigenvalue weighted by Gasteiger charge is -2.18. The first-order chi connectivity index (χ1) is 19.1. The molecule has 1 aliphatic heterocycles. The molecule has 1 aliphatic rings. The van der Waals surface area contributed by atoms with Crippen LogP contribution in [-0.2, 0) is 16.0 Å². The number of nitrogens with zero attached hydrogens (tertiary/aromatic N) is 2. The van der Waals surface area contributed by atoms with Gasteiger partial charge in [-0.2, -0.15) is 0 Å². The van der Waals surface area contributed by atoms with Gasteiger partial charge in [0.1, 0.15) is 0 Å². The summed E-state index contributed by atoms with van der Waals surface area (Å²) in [6.07, 6.45) is 2.13. The number of aromatic amines is 1. The van der Waals surface area contributed by atoms with E-state index in [0.29, 0.717) is 24.1 Å². The number of likely N-dealkylation sites (N-methyl/N-ethyl adjacent to an activating group) is 2. The Kier molecular flexibility index (Phi) is 8.90. The number of fused-ring (bicyclic) bond motifs is 1. The van der Waals surface area contributed by atoms with Crippen molar-refractivity contribution in [1.82, 2.24) is 20.1 Å². The fourth-order valence-corrected chi connectivity index (χ4v) is 5.17. The van der Waals surface area contributed by atoms with Gasteiger partial charge in [-0.3, -0.25) is 14.4 Å². The summed E-state index contributed by atoms with van der Waals surface area (Å²) in [7, 11) is 3.49. The molecule has 210 valence electrons. The molecule has 0 atom stereocenters. The second-order valence-corrected chi connectivity index (χ2v) is 10.4. The normalized spacial score (nSPS) is 13.5. The van der Waals surface area contributed by atoms with Crippen LogP contribution in [0.5, 0.6) is 0 Å². The molecule has 3 amide bonds. The van der Waals surface area contributed by atoms with Gasteiger partial charge in [-0.25, -0.2) is 0 Å². The Morgan fingerprint density at radius 2 is 1.75 bits per heavy atom. The number of hydrogen-bond acceptors (Lipinski definition) is 4. The smallest absolute Gasteiger partial charge is 0.256 e. The van der Waals surface area contributed by atoms with Crippen LogP contribution in [0.2, 0.25) is 0 Å². The topological polar surface area (TPSA) is 97.5 Å². The van der Waals surface area contributed by atoms with Gasteiger partial charge < -0.3 is 25.4 Å². The van der Waals surface area contributed by atoms with Crippen LogP contribution in [0.1, 0.15) is 52.3 Å². The molecule has 40 heavy (non-hydrogen) atoms. The van der Waals surface area contributed by atoms with Crippen LogP contribution in [0.25, 0.3) is 22.8 Å². The molecular weight excluding hydrogens is 502 g/mol. The summed E-state index contributed by atoms with van der Waals surface area (Å²) in [5, 5.41) is 6.03. The largest absolute Gasteiger partial charge is 0.358 e. The van der Waals surface area contributed by atoms with Crippen molar-refractivity contribution < 1.29 is 14.4 Å². The third-order valence-electron chi connectivity index (χ3n) is 7.52. The number of nitrogens with one attached hydrogen (secondary N) is 3. The lowest BCUT2D eigenvalue weighted by molar-refractivity contribution is -0.128. The lowest BCUT2D eigenvalue weighted by Crippen LogP contribution is -2.35. The molecule has 0 saturated carbocycles. The Hall–Kier alpha value is -4.17. The SMILES string of the molecule is CCN(CC)CCNC(=O)c1c(C)[nH]c(C=C2C(=O)Nc3cccc(-c4cccc(CC(=O)N(C)C)c4)c32)c1C. The number of aryl methyl sites for hydroxylation is 1. The standard InChI is InChI=1S/C32H39N5O3/c1-7-37(8-2)16-15-33-32(40)29-20(3)27(34-21(29)4)19-25-30-24(13-10-14-26(30)35-31(25)39)23-12-9-11-22(17-23)18-28(38)36(5)6/h9-14,17,19,34H,7-8,15-16,18H2,1-6H3,(H,33,40)(H,35,39). The van der Waals surface area contributed by atoms with Crippen molar-refractivity contribution in [3.05, 3.63) is 76.1 Å². The van der Waals surface area contributed by atoms with Gasteiger partial charge in [0.2, 0.25) is 5.91 Å². The molecule has 3 aromatic rings. The van der Waals surface area contributed by atoms with E-state index in [2.05, 4.69) is 34.4 Å². The predicted octanol–water partition coefficient (Wildman–Crippen LogP) is 4.49. The van der Waals surface area contributed by atoms with E-state index >= 15 is 0 Å². The van der Waals surface area contributed by atoms with Crippen molar-refractivity contribution >= 4 is 35.1 Å². The lowest BCUT2D eigenvalue weighted by atomic mass is 9.93. The predicted molar refractivity (Wildman–Crippen MR) is 161 cm³/mol. The van der Waals surface area contributed by atoms with Crippen LogP contribution < -0.4 is 10.6 Å². The van der Waals surface area contributed by atoms with Gasteiger partial charge in [-0.05, 0) is 61.3 Å². The van der Waals surface area contributed by atoms with Crippen LogP contribution in [0, 0.1) is 13.8 Å². The summed E-state index contributed by atoms with van der Waals surface area (Å²) in [5.74, 6) is -0.291. The minimum atomic E-state index is -0.196. The Bertz CT molecular complexity index is 1460. The Balaban J connectivity index is 1.67. The second kappa shape index (κ2) is 12.3. The maximum atomic E-state index is 13.2. The first-order valence-corrected chi connectivity index (χ1v) is 13.8. The summed E-state index contributed by atoms with van der Waals surface area (Å²) >= 11 is 0. The molecule has 0 bridgehead atoms. The Labute approximate surface area is 236 Å². The molecule has 0 radical (unpaired) electrons. The zero-order chi connectivity index (χ0) is 29.0. The van der Waals surface area contributed by atoms with Crippen molar-refractivity contribution in [2.75, 3.05) is 45.6 Å². The van der Waals surface area contributed by atoms with Crippen LogP contribution in [0.4, 0.5) is 5.69 Å². The maximum absolute atomic E-state index is 13.2. The molecule has 0 fully saturated rings. The number of H-pyrrole nitrogens is 1. The number of amides is 3. The molecule has 0 spiro atoms. The minimum Gasteiger partial charge on any atom is -0.358 e. The molecule has 0 unspecified atom stereocenters. The maximum Gasteiger partial charge on any atom is 0.256 e. The van der Waals surface area contributed by atoms with Gasteiger partial charge in [-0.15, -0.1) is 0 Å². The molecule has 0 aliphatic carbocycles. The fraction of sp³-hybridized carbons (Fsp3) is 0.344. The number of hydrogen-bond donors (Lipinski definition) is 3. The molecule has 0 saturated heterocycles. The van der Waals surface area contributed by atoms with Crippen LogP contribution in [0.15, 0.2) is 42.5 Å². The van der Waals surface area contributed by atoms with Gasteiger partial charge in [0.25, 0.3) is 11.8 Å². The minimum absolute atomic E-state index is 0.0263. The van der Waals surface area contributed by atoms with E-state index in [-0.39, 0.29) is 17.7 Å². The average Bonchev–Trinajstić information content (AvgIpc) is 3.40. The first-order valence-electron chi connectivity index (χ1n) is 13.8. The van der Waals surface area contributed by atoms with Crippen molar-refractivity contribution in [2.24, 2.45) is 0 Å². The highest BCUT2D eigenvalue weighted by Crippen LogP contribution is 2.41. The van der Waals surface area contributed by atoms with Gasteiger partial charge in [0.15, 0.2) is 0 Å². The van der Waals surface area contributed by atoms with Crippen molar-refractivity contribution in [3.8, 4) is 11.1 Å². The van der Waals surface area contributed by atoms with Crippen LogP contribution >= 0.6 is 0 Å². The molecule has 2 aromatic carbocycles. The Morgan fingerprint density at radius 3 is 2.45 bits per heavy atom. The number of aromatic nitrogens is 1. The zero-order valence-corrected chi connectivity index (χ0v) is 24.3. The fourth-order valence-electron chi connectivity index (χ4n) is 5.17. The van der Waals surface area contributed by atoms with Gasteiger partial charge in [-0.1, -0.05) is 50.2 Å². The molecule has 3 N–H and O–H groups in total. The van der Waals surface area contributed by atoms with Gasteiger partial charge in [0.05, 0.1) is 17.6 Å². The van der Waals surface area contributed by atoms with E-state index in [9.17, 15) is 14.4 Å². The average molecular weight is 542 g/mol. The Morgan fingerprint density at radius 1 is 1.02 bits per heavy atom. The third-order valence-corrected chi connectivity index (χ3v) is 7.52. The van der Waals surface area contributed by atoms with E-state index in [4.69, 9.17) is 0 Å².